The maximum Gasteiger partial charge on any atom is 0.408 e. The van der Waals surface area contributed by atoms with Gasteiger partial charge in [-0.1, -0.05) is 30.3 Å². The predicted molar refractivity (Wildman–Crippen MR) is 130 cm³/mol. The molecule has 1 aromatic carbocycles. The van der Waals surface area contributed by atoms with E-state index in [1.54, 1.807) is 19.3 Å². The van der Waals surface area contributed by atoms with Gasteiger partial charge in [-0.05, 0) is 92.4 Å². The molecule has 1 heterocycles. The number of carbonyl (C=O) groups is 2. The van der Waals surface area contributed by atoms with Gasteiger partial charge in [0.25, 0.3) is 0 Å². The highest BCUT2D eigenvalue weighted by atomic mass is 16.6. The lowest BCUT2D eigenvalue weighted by molar-refractivity contribution is -0.127. The zero-order valence-electron chi connectivity index (χ0n) is 19.9. The molecule has 1 atom stereocenters. The van der Waals surface area contributed by atoms with Crippen LogP contribution in [0.3, 0.4) is 0 Å². The molecule has 0 radical (unpaired) electrons. The van der Waals surface area contributed by atoms with Crippen molar-refractivity contribution in [2.24, 2.45) is 23.7 Å². The van der Waals surface area contributed by atoms with E-state index in [2.05, 4.69) is 15.6 Å². The van der Waals surface area contributed by atoms with Crippen LogP contribution in [0.1, 0.15) is 50.2 Å². The summed E-state index contributed by atoms with van der Waals surface area (Å²) in [5.41, 5.74) is 0.972. The lowest BCUT2D eigenvalue weighted by Gasteiger charge is -2.53. The number of hydrogen-bond acceptors (Lipinski definition) is 4. The number of ether oxygens (including phenoxy) is 1. The molecule has 4 aliphatic carbocycles. The van der Waals surface area contributed by atoms with Crippen LogP contribution in [-0.2, 0) is 22.4 Å². The van der Waals surface area contributed by atoms with Crippen molar-refractivity contribution >= 4 is 12.0 Å². The van der Waals surface area contributed by atoms with Gasteiger partial charge in [-0.2, -0.15) is 0 Å². The summed E-state index contributed by atoms with van der Waals surface area (Å²) in [5.74, 6) is 2.39. The third-order valence-electron chi connectivity index (χ3n) is 8.11. The molecule has 2 amide bonds. The van der Waals surface area contributed by atoms with E-state index >= 15 is 0 Å². The highest BCUT2D eigenvalue weighted by Crippen LogP contribution is 2.54. The van der Waals surface area contributed by atoms with Gasteiger partial charge in [0.15, 0.2) is 0 Å². The third kappa shape index (κ3) is 5.11. The van der Waals surface area contributed by atoms with Crippen LogP contribution in [0.5, 0.6) is 0 Å². The molecule has 4 saturated carbocycles. The van der Waals surface area contributed by atoms with Gasteiger partial charge in [0.2, 0.25) is 5.91 Å². The lowest BCUT2D eigenvalue weighted by Crippen LogP contribution is -2.60. The van der Waals surface area contributed by atoms with E-state index in [4.69, 9.17) is 4.74 Å². The number of amides is 2. The van der Waals surface area contributed by atoms with Gasteiger partial charge in [0, 0.05) is 25.4 Å². The van der Waals surface area contributed by atoms with Crippen LogP contribution in [0.2, 0.25) is 0 Å². The molecule has 0 aliphatic heterocycles. The van der Waals surface area contributed by atoms with Crippen LogP contribution in [0.25, 0.3) is 0 Å². The average Bonchev–Trinajstić information content (AvgIpc) is 2.82. The summed E-state index contributed by atoms with van der Waals surface area (Å²) in [5, 5.41) is 5.98. The summed E-state index contributed by atoms with van der Waals surface area (Å²) < 4.78 is 6.04. The maximum absolute atomic E-state index is 13.3. The highest BCUT2D eigenvalue weighted by Gasteiger charge is 2.50. The van der Waals surface area contributed by atoms with Crippen LogP contribution in [0.4, 0.5) is 4.79 Å². The molecule has 2 N–H and O–H groups in total. The van der Waals surface area contributed by atoms with Gasteiger partial charge in [0.05, 0.1) is 0 Å². The number of alkyl carbamates (subject to hydrolysis) is 1. The van der Waals surface area contributed by atoms with Crippen LogP contribution in [0.15, 0.2) is 54.9 Å². The molecule has 6 nitrogen and oxygen atoms in total. The van der Waals surface area contributed by atoms with Crippen molar-refractivity contribution in [3.05, 3.63) is 66.0 Å². The molecular formula is C28H35N3O3. The molecule has 0 saturated heterocycles. The van der Waals surface area contributed by atoms with E-state index in [-0.39, 0.29) is 12.0 Å². The second-order valence-corrected chi connectivity index (χ2v) is 10.8. The molecule has 6 heteroatoms. The van der Waals surface area contributed by atoms with Gasteiger partial charge in [-0.3, -0.25) is 9.78 Å². The van der Waals surface area contributed by atoms with Crippen LogP contribution in [-0.4, -0.2) is 35.2 Å². The molecule has 4 aliphatic rings. The third-order valence-corrected chi connectivity index (χ3v) is 8.11. The summed E-state index contributed by atoms with van der Waals surface area (Å²) >= 11 is 0. The molecule has 4 fully saturated rings. The first kappa shape index (κ1) is 22.9. The number of hydrogen-bond donors (Lipinski definition) is 2. The van der Waals surface area contributed by atoms with Crippen molar-refractivity contribution < 1.29 is 14.3 Å². The molecule has 180 valence electrons. The SMILES string of the molecule is CC(Cc1ccncc1)(NC(=O)OC1C2CC3CC(C2)CC1C3)C(=O)NCCc1ccccc1. The molecule has 1 unspecified atom stereocenters. The van der Waals surface area contributed by atoms with Crippen molar-refractivity contribution in [1.29, 1.82) is 0 Å². The minimum atomic E-state index is -1.12. The van der Waals surface area contributed by atoms with Crippen molar-refractivity contribution in [2.75, 3.05) is 6.54 Å². The van der Waals surface area contributed by atoms with Crippen molar-refractivity contribution in [3.8, 4) is 0 Å². The topological polar surface area (TPSA) is 80.3 Å². The summed E-state index contributed by atoms with van der Waals surface area (Å²) in [6.45, 7) is 2.28. The van der Waals surface area contributed by atoms with Gasteiger partial charge < -0.3 is 15.4 Å². The largest absolute Gasteiger partial charge is 0.446 e. The van der Waals surface area contributed by atoms with Gasteiger partial charge >= 0.3 is 6.09 Å². The fourth-order valence-corrected chi connectivity index (χ4v) is 6.70. The minimum absolute atomic E-state index is 0.0147. The first-order valence-corrected chi connectivity index (χ1v) is 12.7. The molecule has 0 spiro atoms. The number of rotatable bonds is 8. The van der Waals surface area contributed by atoms with Gasteiger partial charge in [0.1, 0.15) is 11.6 Å². The van der Waals surface area contributed by atoms with E-state index in [1.165, 1.54) is 32.1 Å². The number of pyridine rings is 1. The molecule has 2 aromatic rings. The van der Waals surface area contributed by atoms with E-state index < -0.39 is 11.6 Å². The monoisotopic (exact) mass is 461 g/mol. The Balaban J connectivity index is 1.24. The minimum Gasteiger partial charge on any atom is -0.446 e. The Bertz CT molecular complexity index is 968. The van der Waals surface area contributed by atoms with Crippen LogP contribution >= 0.6 is 0 Å². The fourth-order valence-electron chi connectivity index (χ4n) is 6.70. The van der Waals surface area contributed by atoms with E-state index in [0.717, 1.165) is 29.4 Å². The molecule has 1 aromatic heterocycles. The number of aromatic nitrogens is 1. The van der Waals surface area contributed by atoms with Crippen LogP contribution < -0.4 is 10.6 Å². The zero-order valence-corrected chi connectivity index (χ0v) is 19.9. The lowest BCUT2D eigenvalue weighted by atomic mass is 9.55. The Morgan fingerprint density at radius 3 is 2.24 bits per heavy atom. The second-order valence-electron chi connectivity index (χ2n) is 10.8. The summed E-state index contributed by atoms with van der Waals surface area (Å²) in [6.07, 6.45) is 10.1. The van der Waals surface area contributed by atoms with E-state index in [9.17, 15) is 9.59 Å². The summed E-state index contributed by atoms with van der Waals surface area (Å²) in [4.78, 5) is 30.5. The zero-order chi connectivity index (χ0) is 23.5. The predicted octanol–water partition coefficient (Wildman–Crippen LogP) is 4.29. The van der Waals surface area contributed by atoms with Crippen molar-refractivity contribution in [1.82, 2.24) is 15.6 Å². The Hall–Kier alpha value is -2.89. The molecule has 6 rings (SSSR count). The number of carbonyl (C=O) groups excluding carboxylic acids is 2. The molecule has 34 heavy (non-hydrogen) atoms. The standard InChI is InChI=1S/C28H35N3O3/c1-28(18-20-7-10-29-11-8-20,26(32)30-12-9-19-5-3-2-4-6-19)31-27(33)34-25-23-14-21-13-22(16-23)17-24(25)15-21/h2-8,10-11,21-25H,9,12-18H2,1H3,(H,30,32)(H,31,33). The Kier molecular flexibility index (Phi) is 6.57. The normalized spacial score (nSPS) is 28.7. The van der Waals surface area contributed by atoms with E-state index in [1.807, 2.05) is 42.5 Å². The number of benzene rings is 1. The second kappa shape index (κ2) is 9.77. The Labute approximate surface area is 201 Å². The average molecular weight is 462 g/mol. The van der Waals surface area contributed by atoms with Gasteiger partial charge in [-0.15, -0.1) is 0 Å². The number of nitrogens with one attached hydrogen (secondary N) is 2. The fraction of sp³-hybridized carbons (Fsp3) is 0.536. The summed E-state index contributed by atoms with van der Waals surface area (Å²) in [7, 11) is 0. The Morgan fingerprint density at radius 2 is 1.59 bits per heavy atom. The van der Waals surface area contributed by atoms with E-state index in [0.29, 0.717) is 24.8 Å². The first-order valence-electron chi connectivity index (χ1n) is 12.7. The van der Waals surface area contributed by atoms with Crippen molar-refractivity contribution in [2.45, 2.75) is 63.5 Å². The Morgan fingerprint density at radius 1 is 0.941 bits per heavy atom. The van der Waals surface area contributed by atoms with Crippen LogP contribution in [0, 0.1) is 23.7 Å². The smallest absolute Gasteiger partial charge is 0.408 e. The number of nitrogens with zero attached hydrogens (tertiary/aromatic N) is 1. The quantitative estimate of drug-likeness (QED) is 0.615. The highest BCUT2D eigenvalue weighted by molar-refractivity contribution is 5.90. The maximum atomic E-state index is 13.3. The van der Waals surface area contributed by atoms with Gasteiger partial charge in [-0.25, -0.2) is 4.79 Å². The first-order chi connectivity index (χ1) is 16.5. The molecular weight excluding hydrogens is 426 g/mol. The molecule has 4 bridgehead atoms. The summed E-state index contributed by atoms with van der Waals surface area (Å²) in [6, 6.07) is 13.8. The van der Waals surface area contributed by atoms with Crippen molar-refractivity contribution in [3.63, 3.8) is 0 Å².